The topological polar surface area (TPSA) is 101 Å². The van der Waals surface area contributed by atoms with Crippen molar-refractivity contribution in [2.75, 3.05) is 18.6 Å². The smallest absolute Gasteiger partial charge is 0.260 e. The average Bonchev–Trinajstić information content (AvgIpc) is 2.79. The Morgan fingerprint density at radius 1 is 1.30 bits per heavy atom. The number of nitrogens with zero attached hydrogens (tertiary/aromatic N) is 1. The van der Waals surface area contributed by atoms with Gasteiger partial charge in [-0.2, -0.15) is 16.9 Å². The maximum Gasteiger partial charge on any atom is 0.260 e. The number of aryl methyl sites for hydroxylation is 1. The monoisotopic (exact) mass is 320 g/mol. The molecule has 0 saturated heterocycles. The summed E-state index contributed by atoms with van der Waals surface area (Å²) < 4.78 is 26.8. The first-order valence-electron chi connectivity index (χ1n) is 6.75. The summed E-state index contributed by atoms with van der Waals surface area (Å²) in [6.45, 7) is 2.37. The second kappa shape index (κ2) is 8.66. The zero-order valence-corrected chi connectivity index (χ0v) is 13.7. The fourth-order valence-corrected chi connectivity index (χ4v) is 3.66. The van der Waals surface area contributed by atoms with Crippen LogP contribution in [0.15, 0.2) is 5.03 Å². The number of nitrogens with one attached hydrogen (secondary N) is 2. The Balaban J connectivity index is 2.42. The molecule has 6 nitrogen and oxygen atoms in total. The molecule has 1 aromatic rings. The van der Waals surface area contributed by atoms with Gasteiger partial charge >= 0.3 is 0 Å². The molecule has 0 aliphatic carbocycles. The molecule has 1 rings (SSSR count). The van der Waals surface area contributed by atoms with Gasteiger partial charge in [0.2, 0.25) is 0 Å². The van der Waals surface area contributed by atoms with Gasteiger partial charge in [-0.1, -0.05) is 12.8 Å². The molecular weight excluding hydrogens is 296 g/mol. The number of aromatic amines is 1. The number of aromatic nitrogens is 2. The van der Waals surface area contributed by atoms with Crippen molar-refractivity contribution in [2.45, 2.75) is 44.2 Å². The molecule has 8 heteroatoms. The summed E-state index contributed by atoms with van der Waals surface area (Å²) in [4.78, 5) is 0. The van der Waals surface area contributed by atoms with Crippen LogP contribution >= 0.6 is 11.8 Å². The third-order valence-electron chi connectivity index (χ3n) is 3.06. The Labute approximate surface area is 125 Å². The summed E-state index contributed by atoms with van der Waals surface area (Å²) >= 11 is 1.84. The SMILES string of the molecule is CSCCCCCCNS(=O)(=O)c1n[nH]c(C)c1CN. The predicted molar refractivity (Wildman–Crippen MR) is 83.3 cm³/mol. The lowest BCUT2D eigenvalue weighted by Gasteiger charge is -2.06. The standard InChI is InChI=1S/C12H24N4O2S2/c1-10-11(9-13)12(16-15-10)20(17,18)14-7-5-3-4-6-8-19-2/h14H,3-9,13H2,1-2H3,(H,15,16). The van der Waals surface area contributed by atoms with Crippen LogP contribution in [-0.4, -0.2) is 37.2 Å². The minimum Gasteiger partial charge on any atom is -0.326 e. The van der Waals surface area contributed by atoms with Crippen molar-refractivity contribution in [2.24, 2.45) is 5.73 Å². The second-order valence-corrected chi connectivity index (χ2v) is 7.31. The lowest BCUT2D eigenvalue weighted by Crippen LogP contribution is -2.26. The molecular formula is C12H24N4O2S2. The molecule has 0 radical (unpaired) electrons. The van der Waals surface area contributed by atoms with Crippen molar-refractivity contribution < 1.29 is 8.42 Å². The van der Waals surface area contributed by atoms with Crippen LogP contribution in [0.25, 0.3) is 0 Å². The van der Waals surface area contributed by atoms with Gasteiger partial charge in [-0.05, 0) is 31.8 Å². The Hall–Kier alpha value is -0.570. The highest BCUT2D eigenvalue weighted by atomic mass is 32.2. The van der Waals surface area contributed by atoms with Gasteiger partial charge in [0.1, 0.15) is 0 Å². The highest BCUT2D eigenvalue weighted by Crippen LogP contribution is 2.15. The van der Waals surface area contributed by atoms with E-state index in [1.165, 1.54) is 6.42 Å². The average molecular weight is 320 g/mol. The highest BCUT2D eigenvalue weighted by molar-refractivity contribution is 7.98. The van der Waals surface area contributed by atoms with Gasteiger partial charge in [0.05, 0.1) is 0 Å². The Bertz CT molecular complexity index is 500. The van der Waals surface area contributed by atoms with Crippen LogP contribution in [0.2, 0.25) is 0 Å². The third-order valence-corrected chi connectivity index (χ3v) is 5.19. The summed E-state index contributed by atoms with van der Waals surface area (Å²) in [6.07, 6.45) is 6.29. The zero-order valence-electron chi connectivity index (χ0n) is 12.1. The number of thioether (sulfide) groups is 1. The molecule has 0 aliphatic rings. The van der Waals surface area contributed by atoms with Crippen molar-refractivity contribution in [1.82, 2.24) is 14.9 Å². The van der Waals surface area contributed by atoms with E-state index in [2.05, 4.69) is 21.2 Å². The first-order valence-corrected chi connectivity index (χ1v) is 9.63. The maximum atomic E-state index is 12.1. The number of hydrogen-bond donors (Lipinski definition) is 3. The summed E-state index contributed by atoms with van der Waals surface area (Å²) in [5.74, 6) is 1.16. The van der Waals surface area contributed by atoms with E-state index >= 15 is 0 Å². The van der Waals surface area contributed by atoms with Gasteiger partial charge in [-0.15, -0.1) is 0 Å². The number of H-pyrrole nitrogens is 1. The quantitative estimate of drug-likeness (QED) is 0.565. The lowest BCUT2D eigenvalue weighted by atomic mass is 10.2. The summed E-state index contributed by atoms with van der Waals surface area (Å²) in [5, 5.41) is 6.53. The number of sulfonamides is 1. The van der Waals surface area contributed by atoms with Gasteiger partial charge < -0.3 is 5.73 Å². The van der Waals surface area contributed by atoms with E-state index in [0.717, 1.165) is 25.0 Å². The number of hydrogen-bond acceptors (Lipinski definition) is 5. The van der Waals surface area contributed by atoms with Gasteiger partial charge in [0, 0.05) is 24.3 Å². The van der Waals surface area contributed by atoms with Crippen molar-refractivity contribution in [3.05, 3.63) is 11.3 Å². The molecule has 0 fully saturated rings. The van der Waals surface area contributed by atoms with E-state index in [1.807, 2.05) is 11.8 Å². The van der Waals surface area contributed by atoms with Crippen LogP contribution in [0.5, 0.6) is 0 Å². The molecule has 0 amide bonds. The van der Waals surface area contributed by atoms with Crippen molar-refractivity contribution in [1.29, 1.82) is 0 Å². The molecule has 0 atom stereocenters. The highest BCUT2D eigenvalue weighted by Gasteiger charge is 2.22. The molecule has 0 spiro atoms. The number of rotatable bonds is 10. The van der Waals surface area contributed by atoms with Crippen LogP contribution in [-0.2, 0) is 16.6 Å². The van der Waals surface area contributed by atoms with Gasteiger partial charge in [-0.25, -0.2) is 13.1 Å². The number of unbranched alkanes of at least 4 members (excludes halogenated alkanes) is 3. The molecule has 1 aromatic heterocycles. The summed E-state index contributed by atoms with van der Waals surface area (Å²) in [7, 11) is -3.56. The third kappa shape index (κ3) is 5.08. The largest absolute Gasteiger partial charge is 0.326 e. The minimum atomic E-state index is -3.56. The molecule has 0 saturated carbocycles. The molecule has 0 unspecified atom stereocenters. The van der Waals surface area contributed by atoms with E-state index in [4.69, 9.17) is 5.73 Å². The van der Waals surface area contributed by atoms with Crippen LogP contribution in [0.4, 0.5) is 0 Å². The molecule has 0 aliphatic heterocycles. The molecule has 0 aromatic carbocycles. The Morgan fingerprint density at radius 3 is 2.65 bits per heavy atom. The van der Waals surface area contributed by atoms with Crippen molar-refractivity contribution >= 4 is 21.8 Å². The van der Waals surface area contributed by atoms with Crippen molar-refractivity contribution in [3.8, 4) is 0 Å². The van der Waals surface area contributed by atoms with Crippen molar-refractivity contribution in [3.63, 3.8) is 0 Å². The minimum absolute atomic E-state index is 0.0277. The Morgan fingerprint density at radius 2 is 2.00 bits per heavy atom. The van der Waals surface area contributed by atoms with Crippen LogP contribution in [0, 0.1) is 6.92 Å². The first-order chi connectivity index (χ1) is 9.53. The fraction of sp³-hybridized carbons (Fsp3) is 0.750. The van der Waals surface area contributed by atoms with Gasteiger partial charge in [-0.3, -0.25) is 5.10 Å². The molecule has 116 valence electrons. The summed E-state index contributed by atoms with van der Waals surface area (Å²) in [6, 6.07) is 0. The summed E-state index contributed by atoms with van der Waals surface area (Å²) in [5.41, 5.74) is 6.81. The lowest BCUT2D eigenvalue weighted by molar-refractivity contribution is 0.568. The van der Waals surface area contributed by atoms with E-state index in [0.29, 0.717) is 17.8 Å². The van der Waals surface area contributed by atoms with Crippen LogP contribution in [0.3, 0.4) is 0 Å². The van der Waals surface area contributed by atoms with Gasteiger partial charge in [0.15, 0.2) is 5.03 Å². The van der Waals surface area contributed by atoms with E-state index in [9.17, 15) is 8.42 Å². The zero-order chi connectivity index (χ0) is 15.0. The first kappa shape index (κ1) is 17.5. The molecule has 4 N–H and O–H groups in total. The maximum absolute atomic E-state index is 12.1. The molecule has 0 bridgehead atoms. The Kier molecular flexibility index (Phi) is 7.57. The second-order valence-electron chi connectivity index (χ2n) is 4.64. The van der Waals surface area contributed by atoms with E-state index in [1.54, 1.807) is 6.92 Å². The van der Waals surface area contributed by atoms with E-state index < -0.39 is 10.0 Å². The normalized spacial score (nSPS) is 11.9. The molecule has 1 heterocycles. The van der Waals surface area contributed by atoms with Crippen LogP contribution in [0.1, 0.15) is 36.9 Å². The number of nitrogens with two attached hydrogens (primary N) is 1. The fourth-order valence-electron chi connectivity index (χ4n) is 1.89. The van der Waals surface area contributed by atoms with Gasteiger partial charge in [0.25, 0.3) is 10.0 Å². The van der Waals surface area contributed by atoms with Crippen LogP contribution < -0.4 is 10.5 Å². The van der Waals surface area contributed by atoms with E-state index in [-0.39, 0.29) is 11.6 Å². The molecule has 20 heavy (non-hydrogen) atoms. The predicted octanol–water partition coefficient (Wildman–Crippen LogP) is 1.38.